The van der Waals surface area contributed by atoms with Crippen molar-refractivity contribution in [2.75, 3.05) is 19.0 Å². The number of nitrogens with one attached hydrogen (secondary N) is 2. The Morgan fingerprint density at radius 2 is 1.88 bits per heavy atom. The van der Waals surface area contributed by atoms with E-state index in [9.17, 15) is 4.79 Å². The number of thiocarbonyl (C=S) groups is 1. The summed E-state index contributed by atoms with van der Waals surface area (Å²) in [5.74, 6) is 0.471. The lowest BCUT2D eigenvalue weighted by Gasteiger charge is -2.14. The maximum Gasteiger partial charge on any atom is 0.338 e. The fourth-order valence-electron chi connectivity index (χ4n) is 2.19. The van der Waals surface area contributed by atoms with Crippen LogP contribution in [-0.4, -0.2) is 24.8 Å². The molecule has 2 rings (SSSR count). The number of methoxy groups -OCH3 is 1. The van der Waals surface area contributed by atoms with Crippen molar-refractivity contribution in [3.63, 3.8) is 0 Å². The molecule has 0 saturated carbocycles. The molecular formula is C19H22N2O3S. The Kier molecular flexibility index (Phi) is 6.77. The van der Waals surface area contributed by atoms with Gasteiger partial charge in [-0.3, -0.25) is 0 Å². The van der Waals surface area contributed by atoms with E-state index in [0.29, 0.717) is 23.8 Å². The predicted octanol–water partition coefficient (Wildman–Crippen LogP) is 3.67. The van der Waals surface area contributed by atoms with E-state index in [2.05, 4.69) is 10.6 Å². The lowest BCUT2D eigenvalue weighted by Crippen LogP contribution is -2.28. The SMILES string of the molecule is CCOC(=O)c1ccc(C)c(NC(=S)NCc2ccc(OC)cc2)c1. The molecule has 0 radical (unpaired) electrons. The van der Waals surface area contributed by atoms with Gasteiger partial charge >= 0.3 is 5.97 Å². The minimum Gasteiger partial charge on any atom is -0.497 e. The van der Waals surface area contributed by atoms with Crippen LogP contribution in [0, 0.1) is 6.92 Å². The summed E-state index contributed by atoms with van der Waals surface area (Å²) in [6.07, 6.45) is 0. The Hall–Kier alpha value is -2.60. The highest BCUT2D eigenvalue weighted by Crippen LogP contribution is 2.18. The van der Waals surface area contributed by atoms with E-state index in [1.807, 2.05) is 37.3 Å². The molecule has 0 aliphatic carbocycles. The third-order valence-electron chi connectivity index (χ3n) is 3.61. The number of anilines is 1. The van der Waals surface area contributed by atoms with Gasteiger partial charge in [-0.15, -0.1) is 0 Å². The molecule has 0 aliphatic rings. The van der Waals surface area contributed by atoms with Crippen LogP contribution in [0.3, 0.4) is 0 Å². The summed E-state index contributed by atoms with van der Waals surface area (Å²) < 4.78 is 10.2. The molecule has 0 heterocycles. The molecule has 0 amide bonds. The van der Waals surface area contributed by atoms with Crippen LogP contribution in [0.15, 0.2) is 42.5 Å². The zero-order valence-corrected chi connectivity index (χ0v) is 15.4. The van der Waals surface area contributed by atoms with E-state index in [-0.39, 0.29) is 5.97 Å². The maximum atomic E-state index is 11.8. The lowest BCUT2D eigenvalue weighted by molar-refractivity contribution is 0.0526. The molecule has 0 aromatic heterocycles. The Labute approximate surface area is 153 Å². The molecule has 6 heteroatoms. The first-order valence-corrected chi connectivity index (χ1v) is 8.40. The van der Waals surface area contributed by atoms with Gasteiger partial charge in [-0.25, -0.2) is 4.79 Å². The van der Waals surface area contributed by atoms with E-state index in [1.54, 1.807) is 26.2 Å². The Balaban J connectivity index is 1.97. The number of rotatable bonds is 6. The minimum absolute atomic E-state index is 0.345. The van der Waals surface area contributed by atoms with Crippen molar-refractivity contribution in [1.29, 1.82) is 0 Å². The highest BCUT2D eigenvalue weighted by atomic mass is 32.1. The number of hydrogen-bond acceptors (Lipinski definition) is 4. The van der Waals surface area contributed by atoms with Gasteiger partial charge < -0.3 is 20.1 Å². The molecule has 2 N–H and O–H groups in total. The molecule has 132 valence electrons. The summed E-state index contributed by atoms with van der Waals surface area (Å²) in [6.45, 7) is 4.66. The molecule has 2 aromatic carbocycles. The summed E-state index contributed by atoms with van der Waals surface area (Å²) in [5.41, 5.74) is 3.34. The molecule has 0 fully saturated rings. The first-order valence-electron chi connectivity index (χ1n) is 7.99. The fraction of sp³-hybridized carbons (Fsp3) is 0.263. The number of benzene rings is 2. The van der Waals surface area contributed by atoms with Crippen LogP contribution in [-0.2, 0) is 11.3 Å². The summed E-state index contributed by atoms with van der Waals surface area (Å²) in [4.78, 5) is 11.8. The largest absolute Gasteiger partial charge is 0.497 e. The first kappa shape index (κ1) is 18.7. The second kappa shape index (κ2) is 9.03. The van der Waals surface area contributed by atoms with Gasteiger partial charge in [-0.1, -0.05) is 18.2 Å². The van der Waals surface area contributed by atoms with Gasteiger partial charge in [0.2, 0.25) is 0 Å². The van der Waals surface area contributed by atoms with E-state index in [0.717, 1.165) is 22.6 Å². The number of hydrogen-bond donors (Lipinski definition) is 2. The topological polar surface area (TPSA) is 59.6 Å². The zero-order valence-electron chi connectivity index (χ0n) is 14.6. The van der Waals surface area contributed by atoms with Crippen molar-refractivity contribution < 1.29 is 14.3 Å². The van der Waals surface area contributed by atoms with Crippen molar-refractivity contribution >= 4 is 29.0 Å². The number of aryl methyl sites for hydroxylation is 1. The van der Waals surface area contributed by atoms with Gasteiger partial charge in [-0.2, -0.15) is 0 Å². The summed E-state index contributed by atoms with van der Waals surface area (Å²) in [6, 6.07) is 13.1. The summed E-state index contributed by atoms with van der Waals surface area (Å²) >= 11 is 5.34. The van der Waals surface area contributed by atoms with Crippen LogP contribution in [0.5, 0.6) is 5.75 Å². The second-order valence-electron chi connectivity index (χ2n) is 5.41. The number of ether oxygens (including phenoxy) is 2. The van der Waals surface area contributed by atoms with Crippen LogP contribution in [0.4, 0.5) is 5.69 Å². The summed E-state index contributed by atoms with van der Waals surface area (Å²) in [7, 11) is 1.64. The average Bonchev–Trinajstić information content (AvgIpc) is 2.62. The monoisotopic (exact) mass is 358 g/mol. The van der Waals surface area contributed by atoms with Gasteiger partial charge in [0.1, 0.15) is 5.75 Å². The normalized spacial score (nSPS) is 10.0. The van der Waals surface area contributed by atoms with Crippen molar-refractivity contribution in [3.05, 3.63) is 59.2 Å². The highest BCUT2D eigenvalue weighted by Gasteiger charge is 2.09. The van der Waals surface area contributed by atoms with Crippen molar-refractivity contribution in [2.45, 2.75) is 20.4 Å². The second-order valence-corrected chi connectivity index (χ2v) is 5.81. The molecule has 5 nitrogen and oxygen atoms in total. The van der Waals surface area contributed by atoms with Crippen molar-refractivity contribution in [1.82, 2.24) is 5.32 Å². The third kappa shape index (κ3) is 5.46. The van der Waals surface area contributed by atoms with Crippen LogP contribution in [0.25, 0.3) is 0 Å². The zero-order chi connectivity index (χ0) is 18.2. The predicted molar refractivity (Wildman–Crippen MR) is 103 cm³/mol. The molecule has 0 bridgehead atoms. The molecule has 0 aliphatic heterocycles. The quantitative estimate of drug-likeness (QED) is 0.607. The molecular weight excluding hydrogens is 336 g/mol. The van der Waals surface area contributed by atoms with Crippen LogP contribution < -0.4 is 15.4 Å². The molecule has 0 unspecified atom stereocenters. The van der Waals surface area contributed by atoms with Crippen LogP contribution in [0.2, 0.25) is 0 Å². The summed E-state index contributed by atoms with van der Waals surface area (Å²) in [5, 5.41) is 6.76. The Morgan fingerprint density at radius 3 is 2.52 bits per heavy atom. The van der Waals surface area contributed by atoms with Crippen molar-refractivity contribution in [3.8, 4) is 5.75 Å². The molecule has 25 heavy (non-hydrogen) atoms. The van der Waals surface area contributed by atoms with Gasteiger partial charge in [0.25, 0.3) is 0 Å². The van der Waals surface area contributed by atoms with E-state index < -0.39 is 0 Å². The molecule has 0 atom stereocenters. The lowest BCUT2D eigenvalue weighted by atomic mass is 10.1. The van der Waals surface area contributed by atoms with E-state index >= 15 is 0 Å². The molecule has 0 spiro atoms. The van der Waals surface area contributed by atoms with E-state index in [4.69, 9.17) is 21.7 Å². The third-order valence-corrected chi connectivity index (χ3v) is 3.86. The van der Waals surface area contributed by atoms with Gasteiger partial charge in [-0.05, 0) is 61.5 Å². The number of carbonyl (C=O) groups is 1. The van der Waals surface area contributed by atoms with E-state index in [1.165, 1.54) is 0 Å². The number of carbonyl (C=O) groups excluding carboxylic acids is 1. The highest BCUT2D eigenvalue weighted by molar-refractivity contribution is 7.80. The first-order chi connectivity index (χ1) is 12.0. The Bertz CT molecular complexity index is 745. The Morgan fingerprint density at radius 1 is 1.16 bits per heavy atom. The van der Waals surface area contributed by atoms with Gasteiger partial charge in [0, 0.05) is 12.2 Å². The van der Waals surface area contributed by atoms with Crippen molar-refractivity contribution in [2.24, 2.45) is 0 Å². The molecule has 0 saturated heterocycles. The minimum atomic E-state index is -0.345. The average molecular weight is 358 g/mol. The molecule has 2 aromatic rings. The van der Waals surface area contributed by atoms with Gasteiger partial charge in [0.05, 0.1) is 19.3 Å². The van der Waals surface area contributed by atoms with Gasteiger partial charge in [0.15, 0.2) is 5.11 Å². The van der Waals surface area contributed by atoms with Crippen LogP contribution >= 0.6 is 12.2 Å². The van der Waals surface area contributed by atoms with Crippen LogP contribution in [0.1, 0.15) is 28.4 Å². The fourth-order valence-corrected chi connectivity index (χ4v) is 2.37. The maximum absolute atomic E-state index is 11.8. The smallest absolute Gasteiger partial charge is 0.338 e. The number of esters is 1. The standard InChI is InChI=1S/C19H22N2O3S/c1-4-24-18(22)15-8-5-13(2)17(11-15)21-19(25)20-12-14-6-9-16(23-3)10-7-14/h5-11H,4,12H2,1-3H3,(H2,20,21,25).